The average molecular weight is 385 g/mol. The molecule has 1 unspecified atom stereocenters. The highest BCUT2D eigenvalue weighted by Crippen LogP contribution is 2.31. The van der Waals surface area contributed by atoms with Gasteiger partial charge in [0, 0.05) is 28.8 Å². The van der Waals surface area contributed by atoms with Gasteiger partial charge >= 0.3 is 11.6 Å². The molecule has 0 aliphatic carbocycles. The summed E-state index contributed by atoms with van der Waals surface area (Å²) in [6.45, 7) is 7.36. The Labute approximate surface area is 161 Å². The summed E-state index contributed by atoms with van der Waals surface area (Å²) in [5.41, 5.74) is 2.81. The van der Waals surface area contributed by atoms with Crippen molar-refractivity contribution < 1.29 is 23.5 Å². The van der Waals surface area contributed by atoms with E-state index in [1.54, 1.807) is 13.0 Å². The number of aliphatic carboxylic acids is 1. The van der Waals surface area contributed by atoms with Gasteiger partial charge in [-0.05, 0) is 50.8 Å². The molecule has 0 saturated heterocycles. The first-order valence-corrected chi connectivity index (χ1v) is 9.21. The molecule has 0 spiro atoms. The lowest BCUT2D eigenvalue weighted by atomic mass is 10.00. The Morgan fingerprint density at radius 2 is 1.71 bits per heavy atom. The zero-order valence-electron chi connectivity index (χ0n) is 16.3. The van der Waals surface area contributed by atoms with Gasteiger partial charge in [0.15, 0.2) is 0 Å². The van der Waals surface area contributed by atoms with Crippen molar-refractivity contribution >= 4 is 33.8 Å². The number of nitrogens with one attached hydrogen (secondary N) is 1. The fourth-order valence-corrected chi connectivity index (χ4v) is 3.36. The van der Waals surface area contributed by atoms with Crippen molar-refractivity contribution in [3.8, 4) is 0 Å². The fourth-order valence-electron chi connectivity index (χ4n) is 3.36. The van der Waals surface area contributed by atoms with Crippen molar-refractivity contribution in [3.05, 3.63) is 45.0 Å². The van der Waals surface area contributed by atoms with Crippen LogP contribution in [-0.2, 0) is 16.0 Å². The summed E-state index contributed by atoms with van der Waals surface area (Å²) >= 11 is 0. The first kappa shape index (κ1) is 19.7. The lowest BCUT2D eigenvalue weighted by Gasteiger charge is -2.12. The van der Waals surface area contributed by atoms with Crippen LogP contribution in [0.2, 0.25) is 0 Å². The predicted molar refractivity (Wildman–Crippen MR) is 105 cm³/mol. The maximum Gasteiger partial charge on any atom is 0.339 e. The number of carbonyl (C=O) groups is 2. The molecule has 2 heterocycles. The summed E-state index contributed by atoms with van der Waals surface area (Å²) in [6, 6.07) is 2.73. The van der Waals surface area contributed by atoms with Gasteiger partial charge in [0.25, 0.3) is 0 Å². The number of benzene rings is 1. The molecule has 28 heavy (non-hydrogen) atoms. The van der Waals surface area contributed by atoms with Gasteiger partial charge in [-0.25, -0.2) is 9.59 Å². The minimum atomic E-state index is -1.08. The summed E-state index contributed by atoms with van der Waals surface area (Å²) < 4.78 is 11.2. The van der Waals surface area contributed by atoms with Crippen LogP contribution >= 0.6 is 0 Å². The van der Waals surface area contributed by atoms with E-state index >= 15 is 0 Å². The highest BCUT2D eigenvalue weighted by molar-refractivity contribution is 5.96. The molecule has 0 fully saturated rings. The second-order valence-corrected chi connectivity index (χ2v) is 6.99. The van der Waals surface area contributed by atoms with E-state index in [1.165, 1.54) is 0 Å². The van der Waals surface area contributed by atoms with Crippen LogP contribution in [0.3, 0.4) is 0 Å². The molecule has 1 amide bonds. The summed E-state index contributed by atoms with van der Waals surface area (Å²) in [4.78, 5) is 35.6. The minimum Gasteiger partial charge on any atom is -0.480 e. The molecular formula is C21H23NO6. The Hall–Kier alpha value is -3.09. The molecule has 2 N–H and O–H groups in total. The molecule has 7 heteroatoms. The molecule has 1 aromatic carbocycles. The van der Waals surface area contributed by atoms with Crippen molar-refractivity contribution in [2.75, 3.05) is 0 Å². The van der Waals surface area contributed by atoms with Gasteiger partial charge in [-0.2, -0.15) is 0 Å². The number of hydrogen-bond acceptors (Lipinski definition) is 5. The molecule has 0 saturated carbocycles. The van der Waals surface area contributed by atoms with E-state index in [2.05, 4.69) is 5.32 Å². The largest absolute Gasteiger partial charge is 0.480 e. The molecule has 2 aromatic heterocycles. The maximum atomic E-state index is 12.4. The van der Waals surface area contributed by atoms with E-state index in [0.29, 0.717) is 16.7 Å². The predicted octanol–water partition coefficient (Wildman–Crippen LogP) is 3.38. The maximum absolute atomic E-state index is 12.4. The van der Waals surface area contributed by atoms with Crippen LogP contribution in [0.25, 0.3) is 21.9 Å². The van der Waals surface area contributed by atoms with E-state index in [4.69, 9.17) is 13.9 Å². The third-order valence-corrected chi connectivity index (χ3v) is 5.23. The molecule has 0 aliphatic heterocycles. The third-order valence-electron chi connectivity index (χ3n) is 5.23. The van der Waals surface area contributed by atoms with Gasteiger partial charge in [-0.3, -0.25) is 4.79 Å². The average Bonchev–Trinajstić information content (AvgIpc) is 2.91. The number of carboxylic acids is 1. The van der Waals surface area contributed by atoms with Crippen molar-refractivity contribution in [3.63, 3.8) is 0 Å². The first-order chi connectivity index (χ1) is 13.2. The highest BCUT2D eigenvalue weighted by Gasteiger charge is 2.19. The molecule has 0 aliphatic rings. The normalized spacial score (nSPS) is 12.4. The van der Waals surface area contributed by atoms with E-state index in [1.807, 2.05) is 26.8 Å². The van der Waals surface area contributed by atoms with Gasteiger partial charge in [0.2, 0.25) is 5.91 Å². The lowest BCUT2D eigenvalue weighted by Crippen LogP contribution is -2.40. The number of furan rings is 1. The molecule has 3 rings (SSSR count). The van der Waals surface area contributed by atoms with Gasteiger partial charge < -0.3 is 19.3 Å². The monoisotopic (exact) mass is 385 g/mol. The van der Waals surface area contributed by atoms with E-state index in [0.717, 1.165) is 27.7 Å². The van der Waals surface area contributed by atoms with Crippen molar-refractivity contribution in [2.24, 2.45) is 0 Å². The number of carbonyl (C=O) groups excluding carboxylic acids is 1. The number of rotatable bonds is 6. The van der Waals surface area contributed by atoms with Crippen LogP contribution < -0.4 is 10.9 Å². The summed E-state index contributed by atoms with van der Waals surface area (Å²) in [7, 11) is 0. The summed E-state index contributed by atoms with van der Waals surface area (Å²) in [5, 5.41) is 13.3. The lowest BCUT2D eigenvalue weighted by molar-refractivity contribution is -0.141. The number of fused-ring (bicyclic) bond motifs is 2. The van der Waals surface area contributed by atoms with Crippen LogP contribution in [0.4, 0.5) is 0 Å². The quantitative estimate of drug-likeness (QED) is 0.630. The molecule has 0 radical (unpaired) electrons. The van der Waals surface area contributed by atoms with Gasteiger partial charge in [0.05, 0.1) is 0 Å². The Kier molecular flexibility index (Phi) is 5.27. The van der Waals surface area contributed by atoms with Crippen molar-refractivity contribution in [1.29, 1.82) is 0 Å². The number of carboxylic acid groups (broad SMARTS) is 1. The van der Waals surface area contributed by atoms with Gasteiger partial charge in [-0.1, -0.05) is 6.92 Å². The molecule has 148 valence electrons. The van der Waals surface area contributed by atoms with Gasteiger partial charge in [0.1, 0.15) is 23.0 Å². The smallest absolute Gasteiger partial charge is 0.339 e. The number of hydrogen-bond donors (Lipinski definition) is 2. The second kappa shape index (κ2) is 7.50. The number of aryl methyl sites for hydroxylation is 3. The second-order valence-electron chi connectivity index (χ2n) is 6.99. The fraction of sp³-hybridized carbons (Fsp3) is 0.381. The summed E-state index contributed by atoms with van der Waals surface area (Å²) in [6.07, 6.45) is 0.470. The standard InChI is InChI=1S/C21H23NO6/c1-5-16(20(24)25)22-19(23)7-6-13-11(3)15-8-14-10(2)12(4)27-17(14)9-18(15)28-21(13)26/h8-9,16H,5-7H2,1-4H3,(H,22,23)(H,24,25). The van der Waals surface area contributed by atoms with Crippen LogP contribution in [-0.4, -0.2) is 23.0 Å². The Morgan fingerprint density at radius 1 is 1.07 bits per heavy atom. The van der Waals surface area contributed by atoms with E-state index in [9.17, 15) is 14.4 Å². The van der Waals surface area contributed by atoms with Crippen LogP contribution in [0.1, 0.15) is 42.2 Å². The highest BCUT2D eigenvalue weighted by atomic mass is 16.4. The van der Waals surface area contributed by atoms with E-state index < -0.39 is 23.5 Å². The Morgan fingerprint density at radius 3 is 2.36 bits per heavy atom. The zero-order chi connectivity index (χ0) is 20.6. The van der Waals surface area contributed by atoms with Gasteiger partial charge in [-0.15, -0.1) is 0 Å². The minimum absolute atomic E-state index is 0.00692. The van der Waals surface area contributed by atoms with Crippen molar-refractivity contribution in [2.45, 2.75) is 53.0 Å². The third kappa shape index (κ3) is 3.52. The van der Waals surface area contributed by atoms with Crippen LogP contribution in [0, 0.1) is 20.8 Å². The summed E-state index contributed by atoms with van der Waals surface area (Å²) in [5.74, 6) is -0.678. The first-order valence-electron chi connectivity index (χ1n) is 9.21. The molecule has 1 atom stereocenters. The van der Waals surface area contributed by atoms with Crippen LogP contribution in [0.15, 0.2) is 25.8 Å². The van der Waals surface area contributed by atoms with Crippen LogP contribution in [0.5, 0.6) is 0 Å². The van der Waals surface area contributed by atoms with E-state index in [-0.39, 0.29) is 19.3 Å². The molecular weight excluding hydrogens is 362 g/mol. The Balaban J connectivity index is 1.92. The Bertz CT molecular complexity index is 1140. The SMILES string of the molecule is CCC(NC(=O)CCc1c(C)c2cc3c(C)c(C)oc3cc2oc1=O)C(=O)O. The topological polar surface area (TPSA) is 110 Å². The molecule has 0 bridgehead atoms. The molecule has 7 nitrogen and oxygen atoms in total. The number of amides is 1. The van der Waals surface area contributed by atoms with Crippen molar-refractivity contribution in [1.82, 2.24) is 5.32 Å². The molecule has 3 aromatic rings. The zero-order valence-corrected chi connectivity index (χ0v) is 16.3.